The number of thiophene rings is 1. The summed E-state index contributed by atoms with van der Waals surface area (Å²) >= 11 is 1.47. The maximum Gasteiger partial charge on any atom is 0.303 e. The fraction of sp³-hybridized carbons (Fsp3) is 0.417. The first-order valence-corrected chi connectivity index (χ1v) is 6.75. The van der Waals surface area contributed by atoms with E-state index >= 15 is 0 Å². The Bertz CT molecular complexity index is 670. The molecule has 1 aliphatic rings. The van der Waals surface area contributed by atoms with E-state index in [1.54, 1.807) is 0 Å². The molecule has 2 aromatic heterocycles. The molecule has 0 saturated heterocycles. The van der Waals surface area contributed by atoms with Crippen LogP contribution in [0.3, 0.4) is 0 Å². The lowest BCUT2D eigenvalue weighted by Crippen LogP contribution is -2.13. The number of H-pyrrole nitrogens is 1. The maximum absolute atomic E-state index is 12.0. The summed E-state index contributed by atoms with van der Waals surface area (Å²) in [5, 5.41) is 11.3. The monoisotopic (exact) mass is 264 g/mol. The molecule has 1 fully saturated rings. The molecule has 6 heteroatoms. The van der Waals surface area contributed by atoms with Crippen LogP contribution >= 0.6 is 11.3 Å². The lowest BCUT2D eigenvalue weighted by Gasteiger charge is -1.99. The van der Waals surface area contributed by atoms with Crippen LogP contribution in [0.15, 0.2) is 10.2 Å². The quantitative estimate of drug-likeness (QED) is 0.883. The van der Waals surface area contributed by atoms with Gasteiger partial charge in [-0.15, -0.1) is 11.3 Å². The highest BCUT2D eigenvalue weighted by Gasteiger charge is 2.27. The molecule has 0 radical (unpaired) electrons. The first-order valence-electron chi connectivity index (χ1n) is 5.87. The number of hydrogen-bond acceptors (Lipinski definition) is 4. The third-order valence-corrected chi connectivity index (χ3v) is 4.00. The molecule has 2 heterocycles. The van der Waals surface area contributed by atoms with Crippen LogP contribution in [0.2, 0.25) is 0 Å². The van der Waals surface area contributed by atoms with Gasteiger partial charge in [0.25, 0.3) is 5.56 Å². The molecule has 1 aliphatic carbocycles. The number of carbonyl (C=O) groups is 1. The number of carboxylic acids is 1. The summed E-state index contributed by atoms with van der Waals surface area (Å²) in [5.41, 5.74) is 0.970. The molecule has 0 bridgehead atoms. The smallest absolute Gasteiger partial charge is 0.303 e. The van der Waals surface area contributed by atoms with Gasteiger partial charge in [0.05, 0.1) is 11.8 Å². The van der Waals surface area contributed by atoms with Gasteiger partial charge in [-0.1, -0.05) is 0 Å². The molecule has 0 spiro atoms. The van der Waals surface area contributed by atoms with Gasteiger partial charge in [-0.25, -0.2) is 4.98 Å². The van der Waals surface area contributed by atoms with Crippen molar-refractivity contribution in [2.24, 2.45) is 0 Å². The summed E-state index contributed by atoms with van der Waals surface area (Å²) in [4.78, 5) is 30.3. The molecule has 5 nitrogen and oxygen atoms in total. The van der Waals surface area contributed by atoms with Crippen LogP contribution < -0.4 is 5.56 Å². The Kier molecular flexibility index (Phi) is 2.66. The topological polar surface area (TPSA) is 83.0 Å². The van der Waals surface area contributed by atoms with Crippen molar-refractivity contribution in [3.05, 3.63) is 27.1 Å². The van der Waals surface area contributed by atoms with Crippen molar-refractivity contribution in [2.45, 2.75) is 31.6 Å². The molecular weight excluding hydrogens is 252 g/mol. The Morgan fingerprint density at radius 2 is 2.33 bits per heavy atom. The number of fused-ring (bicyclic) bond motifs is 1. The summed E-state index contributed by atoms with van der Waals surface area (Å²) in [7, 11) is 0. The van der Waals surface area contributed by atoms with Gasteiger partial charge in [-0.2, -0.15) is 0 Å². The second kappa shape index (κ2) is 4.20. The minimum Gasteiger partial charge on any atom is -0.481 e. The Balaban J connectivity index is 2.00. The summed E-state index contributed by atoms with van der Waals surface area (Å²) in [6.45, 7) is 0. The summed E-state index contributed by atoms with van der Waals surface area (Å²) in [6.07, 6.45) is 2.53. The number of aromatic amines is 1. The van der Waals surface area contributed by atoms with E-state index < -0.39 is 5.97 Å². The average Bonchev–Trinajstić information content (AvgIpc) is 3.07. The van der Waals surface area contributed by atoms with Gasteiger partial charge in [0, 0.05) is 6.42 Å². The number of aryl methyl sites for hydroxylation is 1. The molecular formula is C12H12N2O3S. The fourth-order valence-corrected chi connectivity index (χ4v) is 3.09. The van der Waals surface area contributed by atoms with E-state index in [1.165, 1.54) is 11.3 Å². The molecule has 94 valence electrons. The van der Waals surface area contributed by atoms with Crippen molar-refractivity contribution in [1.29, 1.82) is 0 Å². The normalized spacial score (nSPS) is 15.1. The highest BCUT2D eigenvalue weighted by atomic mass is 32.1. The van der Waals surface area contributed by atoms with Crippen molar-refractivity contribution < 1.29 is 9.90 Å². The Morgan fingerprint density at radius 3 is 3.00 bits per heavy atom. The van der Waals surface area contributed by atoms with Gasteiger partial charge in [0.15, 0.2) is 0 Å². The lowest BCUT2D eigenvalue weighted by molar-refractivity contribution is -0.137. The maximum atomic E-state index is 12.0. The van der Waals surface area contributed by atoms with E-state index in [1.807, 2.05) is 5.38 Å². The largest absolute Gasteiger partial charge is 0.481 e. The van der Waals surface area contributed by atoms with E-state index in [0.29, 0.717) is 17.1 Å². The predicted molar refractivity (Wildman–Crippen MR) is 68.2 cm³/mol. The number of hydrogen-bond donors (Lipinski definition) is 2. The van der Waals surface area contributed by atoms with Crippen molar-refractivity contribution >= 4 is 27.5 Å². The Morgan fingerprint density at radius 1 is 1.56 bits per heavy atom. The standard InChI is InChI=1S/C12H12N2O3S/c15-9(16)4-3-8-13-11(17)10-7(6-1-2-6)5-18-12(10)14-8/h5-6H,1-4H2,(H,15,16)(H,13,14,17). The van der Waals surface area contributed by atoms with Crippen LogP contribution in [0.1, 0.15) is 36.6 Å². The Labute approximate surface area is 106 Å². The second-order valence-corrected chi connectivity index (χ2v) is 5.41. The van der Waals surface area contributed by atoms with Crippen LogP contribution in [-0.4, -0.2) is 21.0 Å². The zero-order valence-electron chi connectivity index (χ0n) is 9.60. The number of rotatable bonds is 4. The van der Waals surface area contributed by atoms with Crippen molar-refractivity contribution in [3.8, 4) is 0 Å². The van der Waals surface area contributed by atoms with Crippen molar-refractivity contribution in [1.82, 2.24) is 9.97 Å². The predicted octanol–water partition coefficient (Wildman–Crippen LogP) is 1.88. The zero-order valence-corrected chi connectivity index (χ0v) is 10.4. The summed E-state index contributed by atoms with van der Waals surface area (Å²) < 4.78 is 0. The van der Waals surface area contributed by atoms with Crippen LogP contribution in [0.5, 0.6) is 0 Å². The van der Waals surface area contributed by atoms with Crippen LogP contribution in [0.25, 0.3) is 10.2 Å². The molecule has 0 amide bonds. The Hall–Kier alpha value is -1.69. The van der Waals surface area contributed by atoms with E-state index in [0.717, 1.165) is 23.2 Å². The minimum absolute atomic E-state index is 0.0185. The molecule has 0 aliphatic heterocycles. The number of nitrogens with zero attached hydrogens (tertiary/aromatic N) is 1. The first kappa shape index (κ1) is 11.4. The van der Waals surface area contributed by atoms with Crippen LogP contribution in [0.4, 0.5) is 0 Å². The molecule has 1 saturated carbocycles. The molecule has 0 atom stereocenters. The third kappa shape index (κ3) is 2.03. The van der Waals surface area contributed by atoms with E-state index in [-0.39, 0.29) is 18.4 Å². The highest BCUT2D eigenvalue weighted by Crippen LogP contribution is 2.43. The SMILES string of the molecule is O=C(O)CCc1nc2scc(C3CC3)c2c(=O)[nH]1. The van der Waals surface area contributed by atoms with E-state index in [2.05, 4.69) is 9.97 Å². The average molecular weight is 264 g/mol. The number of carboxylic acid groups (broad SMARTS) is 1. The zero-order chi connectivity index (χ0) is 12.7. The molecule has 2 aromatic rings. The van der Waals surface area contributed by atoms with Gasteiger partial charge in [-0.3, -0.25) is 9.59 Å². The second-order valence-electron chi connectivity index (χ2n) is 4.55. The molecule has 0 unspecified atom stereocenters. The van der Waals surface area contributed by atoms with Crippen molar-refractivity contribution in [2.75, 3.05) is 0 Å². The van der Waals surface area contributed by atoms with E-state index in [4.69, 9.17) is 5.11 Å². The number of nitrogens with one attached hydrogen (secondary N) is 1. The minimum atomic E-state index is -0.886. The summed E-state index contributed by atoms with van der Waals surface area (Å²) in [6, 6.07) is 0. The van der Waals surface area contributed by atoms with Gasteiger partial charge in [0.2, 0.25) is 0 Å². The lowest BCUT2D eigenvalue weighted by atomic mass is 10.1. The van der Waals surface area contributed by atoms with Crippen LogP contribution in [-0.2, 0) is 11.2 Å². The van der Waals surface area contributed by atoms with Crippen molar-refractivity contribution in [3.63, 3.8) is 0 Å². The fourth-order valence-electron chi connectivity index (χ4n) is 2.05. The number of aliphatic carboxylic acids is 1. The van der Waals surface area contributed by atoms with Gasteiger partial charge >= 0.3 is 5.97 Å². The third-order valence-electron chi connectivity index (χ3n) is 3.11. The van der Waals surface area contributed by atoms with Crippen LogP contribution in [0, 0.1) is 0 Å². The molecule has 0 aromatic carbocycles. The summed E-state index contributed by atoms with van der Waals surface area (Å²) in [5.74, 6) is 0.0909. The molecule has 3 rings (SSSR count). The van der Waals surface area contributed by atoms with Gasteiger partial charge < -0.3 is 10.1 Å². The number of aromatic nitrogens is 2. The molecule has 18 heavy (non-hydrogen) atoms. The first-order chi connectivity index (χ1) is 8.65. The van der Waals surface area contributed by atoms with Gasteiger partial charge in [-0.05, 0) is 29.7 Å². The van der Waals surface area contributed by atoms with Gasteiger partial charge in [0.1, 0.15) is 10.7 Å². The van der Waals surface area contributed by atoms with E-state index in [9.17, 15) is 9.59 Å². The highest BCUT2D eigenvalue weighted by molar-refractivity contribution is 7.16. The molecule has 2 N–H and O–H groups in total.